The molecule has 3 rings (SSSR count). The van der Waals surface area contributed by atoms with E-state index in [0.717, 1.165) is 36.0 Å². The Morgan fingerprint density at radius 3 is 2.38 bits per heavy atom. The van der Waals surface area contributed by atoms with Gasteiger partial charge in [0.25, 0.3) is 0 Å². The molecule has 1 heterocycles. The minimum Gasteiger partial charge on any atom is -0.339 e. The van der Waals surface area contributed by atoms with Crippen molar-refractivity contribution in [1.82, 2.24) is 10.1 Å². The molecule has 3 nitrogen and oxygen atoms in total. The zero-order valence-electron chi connectivity index (χ0n) is 12.8. The van der Waals surface area contributed by atoms with Gasteiger partial charge >= 0.3 is 0 Å². The van der Waals surface area contributed by atoms with Crippen LogP contribution in [0.4, 0.5) is 0 Å². The van der Waals surface area contributed by atoms with Crippen LogP contribution in [0, 0.1) is 5.41 Å². The number of nitrogens with zero attached hydrogens (tertiary/aromatic N) is 2. The highest BCUT2D eigenvalue weighted by Crippen LogP contribution is 2.48. The van der Waals surface area contributed by atoms with Crippen LogP contribution in [0.25, 0.3) is 0 Å². The van der Waals surface area contributed by atoms with Crippen LogP contribution in [0.1, 0.15) is 57.3 Å². The van der Waals surface area contributed by atoms with Crippen LogP contribution in [0.15, 0.2) is 28.8 Å². The summed E-state index contributed by atoms with van der Waals surface area (Å²) in [6, 6.07) is 8.04. The molecule has 21 heavy (non-hydrogen) atoms. The van der Waals surface area contributed by atoms with Crippen LogP contribution in [0.5, 0.6) is 0 Å². The molecular weight excluding hydrogens is 284 g/mol. The SMILES string of the molecule is CC(C)(C)Cc1nc(C2(c3ccc(Cl)cc3)CCC2)no1. The van der Waals surface area contributed by atoms with Gasteiger partial charge in [0.1, 0.15) is 0 Å². The molecule has 1 aromatic heterocycles. The van der Waals surface area contributed by atoms with Gasteiger partial charge in [0.2, 0.25) is 5.89 Å². The fourth-order valence-corrected chi connectivity index (χ4v) is 3.04. The van der Waals surface area contributed by atoms with Crippen LogP contribution < -0.4 is 0 Å². The second-order valence-corrected chi connectivity index (χ2v) is 7.63. The largest absolute Gasteiger partial charge is 0.339 e. The Labute approximate surface area is 130 Å². The third-order valence-electron chi connectivity index (χ3n) is 4.18. The first-order valence-electron chi connectivity index (χ1n) is 7.48. The molecule has 0 aliphatic heterocycles. The van der Waals surface area contributed by atoms with Crippen molar-refractivity contribution in [2.45, 2.75) is 51.9 Å². The second kappa shape index (κ2) is 5.13. The Kier molecular flexibility index (Phi) is 3.56. The van der Waals surface area contributed by atoms with E-state index in [2.05, 4.69) is 43.0 Å². The van der Waals surface area contributed by atoms with Crippen molar-refractivity contribution in [3.63, 3.8) is 0 Å². The Morgan fingerprint density at radius 1 is 1.19 bits per heavy atom. The van der Waals surface area contributed by atoms with Gasteiger partial charge in [0.05, 0.1) is 5.41 Å². The van der Waals surface area contributed by atoms with Gasteiger partial charge in [-0.15, -0.1) is 0 Å². The predicted octanol–water partition coefficient (Wildman–Crippen LogP) is 4.78. The van der Waals surface area contributed by atoms with E-state index < -0.39 is 0 Å². The molecule has 112 valence electrons. The van der Waals surface area contributed by atoms with E-state index in [-0.39, 0.29) is 10.8 Å². The van der Waals surface area contributed by atoms with Crippen LogP contribution in [0.2, 0.25) is 5.02 Å². The first-order valence-corrected chi connectivity index (χ1v) is 7.86. The minimum absolute atomic E-state index is 0.0791. The number of halogens is 1. The molecular formula is C17H21ClN2O. The summed E-state index contributed by atoms with van der Waals surface area (Å²) in [5.74, 6) is 1.56. The lowest BCUT2D eigenvalue weighted by Gasteiger charge is -2.39. The minimum atomic E-state index is -0.0791. The van der Waals surface area contributed by atoms with Crippen LogP contribution in [0.3, 0.4) is 0 Å². The quantitative estimate of drug-likeness (QED) is 0.819. The van der Waals surface area contributed by atoms with Gasteiger partial charge < -0.3 is 4.52 Å². The highest BCUT2D eigenvalue weighted by atomic mass is 35.5. The van der Waals surface area contributed by atoms with Crippen LogP contribution in [-0.2, 0) is 11.8 Å². The first kappa shape index (κ1) is 14.6. The van der Waals surface area contributed by atoms with E-state index in [4.69, 9.17) is 16.1 Å². The molecule has 1 aliphatic rings. The van der Waals surface area contributed by atoms with Crippen molar-refractivity contribution in [1.29, 1.82) is 0 Å². The molecule has 1 aromatic carbocycles. The van der Waals surface area contributed by atoms with E-state index >= 15 is 0 Å². The zero-order valence-corrected chi connectivity index (χ0v) is 13.6. The van der Waals surface area contributed by atoms with Gasteiger partial charge in [0, 0.05) is 11.4 Å². The molecule has 0 atom stereocenters. The number of hydrogen-bond acceptors (Lipinski definition) is 3. The van der Waals surface area contributed by atoms with Crippen LogP contribution in [-0.4, -0.2) is 10.1 Å². The van der Waals surface area contributed by atoms with E-state index in [1.165, 1.54) is 12.0 Å². The van der Waals surface area contributed by atoms with Crippen molar-refractivity contribution in [3.8, 4) is 0 Å². The van der Waals surface area contributed by atoms with Gasteiger partial charge in [-0.05, 0) is 36.0 Å². The zero-order chi connectivity index (χ0) is 15.1. The first-order chi connectivity index (χ1) is 9.89. The molecule has 1 saturated carbocycles. The van der Waals surface area contributed by atoms with Gasteiger partial charge in [-0.3, -0.25) is 0 Å². The van der Waals surface area contributed by atoms with Gasteiger partial charge in [-0.1, -0.05) is 56.1 Å². The maximum absolute atomic E-state index is 6.00. The Balaban J connectivity index is 1.91. The molecule has 2 aromatic rings. The summed E-state index contributed by atoms with van der Waals surface area (Å²) in [5, 5.41) is 5.03. The van der Waals surface area contributed by atoms with Crippen molar-refractivity contribution >= 4 is 11.6 Å². The lowest BCUT2D eigenvalue weighted by atomic mass is 9.64. The van der Waals surface area contributed by atoms with Crippen LogP contribution >= 0.6 is 11.6 Å². The average molecular weight is 305 g/mol. The molecule has 0 N–H and O–H groups in total. The van der Waals surface area contributed by atoms with Crippen molar-refractivity contribution in [2.75, 3.05) is 0 Å². The Morgan fingerprint density at radius 2 is 1.86 bits per heavy atom. The molecule has 0 spiro atoms. The summed E-state index contributed by atoms with van der Waals surface area (Å²) in [4.78, 5) is 4.68. The smallest absolute Gasteiger partial charge is 0.227 e. The summed E-state index contributed by atoms with van der Waals surface area (Å²) in [6.45, 7) is 6.53. The third-order valence-corrected chi connectivity index (χ3v) is 4.43. The standard InChI is InChI=1S/C17H21ClN2O/c1-16(2,3)11-14-19-15(20-21-14)17(9-4-10-17)12-5-7-13(18)8-6-12/h5-8H,4,9-11H2,1-3H3. The molecule has 0 amide bonds. The number of rotatable bonds is 3. The summed E-state index contributed by atoms with van der Waals surface area (Å²) in [7, 11) is 0. The molecule has 0 saturated heterocycles. The topological polar surface area (TPSA) is 38.9 Å². The average Bonchev–Trinajstić information content (AvgIpc) is 2.76. The number of benzene rings is 1. The normalized spacial score (nSPS) is 17.5. The fourth-order valence-electron chi connectivity index (χ4n) is 2.92. The lowest BCUT2D eigenvalue weighted by molar-refractivity contribution is 0.267. The monoisotopic (exact) mass is 304 g/mol. The Bertz CT molecular complexity index is 621. The van der Waals surface area contributed by atoms with E-state index in [0.29, 0.717) is 0 Å². The van der Waals surface area contributed by atoms with E-state index in [1.54, 1.807) is 0 Å². The highest BCUT2D eigenvalue weighted by Gasteiger charge is 2.44. The van der Waals surface area contributed by atoms with Gasteiger partial charge in [-0.2, -0.15) is 4.98 Å². The molecule has 1 aliphatic carbocycles. The molecule has 0 bridgehead atoms. The number of aromatic nitrogens is 2. The van der Waals surface area contributed by atoms with E-state index in [1.807, 2.05) is 12.1 Å². The predicted molar refractivity (Wildman–Crippen MR) is 83.5 cm³/mol. The number of hydrogen-bond donors (Lipinski definition) is 0. The van der Waals surface area contributed by atoms with Gasteiger partial charge in [-0.25, -0.2) is 0 Å². The van der Waals surface area contributed by atoms with Crippen molar-refractivity contribution < 1.29 is 4.52 Å². The molecule has 1 fully saturated rings. The second-order valence-electron chi connectivity index (χ2n) is 7.19. The Hall–Kier alpha value is -1.35. The van der Waals surface area contributed by atoms with E-state index in [9.17, 15) is 0 Å². The summed E-state index contributed by atoms with van der Waals surface area (Å²) < 4.78 is 5.48. The fraction of sp³-hybridized carbons (Fsp3) is 0.529. The summed E-state index contributed by atoms with van der Waals surface area (Å²) >= 11 is 6.00. The third kappa shape index (κ3) is 2.84. The maximum atomic E-state index is 6.00. The van der Waals surface area contributed by atoms with Gasteiger partial charge in [0.15, 0.2) is 5.82 Å². The maximum Gasteiger partial charge on any atom is 0.227 e. The van der Waals surface area contributed by atoms with Crippen molar-refractivity contribution in [2.24, 2.45) is 5.41 Å². The summed E-state index contributed by atoms with van der Waals surface area (Å²) in [6.07, 6.45) is 4.15. The molecule has 0 unspecified atom stereocenters. The summed E-state index contributed by atoms with van der Waals surface area (Å²) in [5.41, 5.74) is 1.31. The molecule has 0 radical (unpaired) electrons. The highest BCUT2D eigenvalue weighted by molar-refractivity contribution is 6.30. The lowest BCUT2D eigenvalue weighted by Crippen LogP contribution is -2.36. The van der Waals surface area contributed by atoms with Crippen molar-refractivity contribution in [3.05, 3.63) is 46.6 Å². The molecule has 4 heteroatoms.